The number of hydrogen-bond acceptors (Lipinski definition) is 4. The largest absolute Gasteiger partial charge is 0.383 e. The summed E-state index contributed by atoms with van der Waals surface area (Å²) >= 11 is 5.93. The molecule has 1 amide bonds. The number of ether oxygens (including phenoxy) is 1. The van der Waals surface area contributed by atoms with Crippen LogP contribution in [0.5, 0.6) is 0 Å². The molecule has 0 spiro atoms. The molecule has 1 rings (SSSR count). The summed E-state index contributed by atoms with van der Waals surface area (Å²) in [4.78, 5) is 12.0. The number of hydrogen-bond donors (Lipinski definition) is 1. The fourth-order valence-corrected chi connectivity index (χ4v) is 3.05. The van der Waals surface area contributed by atoms with E-state index in [-0.39, 0.29) is 12.6 Å². The SMILES string of the molecule is COC[C@H](C)NC(=O)CN(c1cc(Cl)ccc1C)S(C)(=O)=O. The van der Waals surface area contributed by atoms with Crippen molar-refractivity contribution in [3.05, 3.63) is 28.8 Å². The zero-order valence-electron chi connectivity index (χ0n) is 13.1. The number of carbonyl (C=O) groups excluding carboxylic acids is 1. The summed E-state index contributed by atoms with van der Waals surface area (Å²) in [5.41, 5.74) is 1.11. The fourth-order valence-electron chi connectivity index (χ4n) is 1.97. The average molecular weight is 349 g/mol. The van der Waals surface area contributed by atoms with E-state index in [0.29, 0.717) is 22.9 Å². The van der Waals surface area contributed by atoms with Gasteiger partial charge in [-0.2, -0.15) is 0 Å². The molecule has 0 heterocycles. The van der Waals surface area contributed by atoms with Crippen molar-refractivity contribution in [3.8, 4) is 0 Å². The van der Waals surface area contributed by atoms with Crippen molar-refractivity contribution in [1.29, 1.82) is 0 Å². The molecule has 124 valence electrons. The minimum Gasteiger partial charge on any atom is -0.383 e. The molecule has 0 fully saturated rings. The third kappa shape index (κ3) is 5.47. The van der Waals surface area contributed by atoms with Gasteiger partial charge in [0.2, 0.25) is 15.9 Å². The van der Waals surface area contributed by atoms with Gasteiger partial charge in [0.15, 0.2) is 0 Å². The molecular weight excluding hydrogens is 328 g/mol. The molecule has 1 N–H and O–H groups in total. The van der Waals surface area contributed by atoms with Crippen LogP contribution in [0.25, 0.3) is 0 Å². The average Bonchev–Trinajstić information content (AvgIpc) is 2.38. The molecule has 0 aromatic heterocycles. The van der Waals surface area contributed by atoms with Gasteiger partial charge in [0, 0.05) is 18.2 Å². The molecule has 0 saturated carbocycles. The topological polar surface area (TPSA) is 75.7 Å². The molecule has 0 radical (unpaired) electrons. The molecule has 0 aliphatic heterocycles. The Kier molecular flexibility index (Phi) is 6.65. The van der Waals surface area contributed by atoms with Crippen molar-refractivity contribution < 1.29 is 17.9 Å². The zero-order chi connectivity index (χ0) is 16.9. The van der Waals surface area contributed by atoms with Crippen molar-refractivity contribution in [2.75, 3.05) is 30.8 Å². The molecule has 8 heteroatoms. The van der Waals surface area contributed by atoms with Gasteiger partial charge >= 0.3 is 0 Å². The van der Waals surface area contributed by atoms with Crippen LogP contribution >= 0.6 is 11.6 Å². The quantitative estimate of drug-likeness (QED) is 0.811. The van der Waals surface area contributed by atoms with E-state index in [1.54, 1.807) is 26.0 Å². The number of nitrogens with one attached hydrogen (secondary N) is 1. The number of sulfonamides is 1. The maximum Gasteiger partial charge on any atom is 0.241 e. The van der Waals surface area contributed by atoms with E-state index in [1.807, 2.05) is 0 Å². The van der Waals surface area contributed by atoms with Gasteiger partial charge in [-0.05, 0) is 31.5 Å². The first-order chi connectivity index (χ1) is 10.1. The standard InChI is InChI=1S/C14H21ClN2O4S/c1-10-5-6-12(15)7-13(10)17(22(4,19)20)8-14(18)16-11(2)9-21-3/h5-7,11H,8-9H2,1-4H3,(H,16,18)/t11-/m0/s1. The lowest BCUT2D eigenvalue weighted by atomic mass is 10.2. The van der Waals surface area contributed by atoms with E-state index in [2.05, 4.69) is 5.32 Å². The lowest BCUT2D eigenvalue weighted by molar-refractivity contribution is -0.120. The molecule has 1 aromatic carbocycles. The van der Waals surface area contributed by atoms with Crippen LogP contribution in [0.15, 0.2) is 18.2 Å². The molecule has 0 aliphatic rings. The van der Waals surface area contributed by atoms with Gasteiger partial charge in [-0.1, -0.05) is 17.7 Å². The summed E-state index contributed by atoms with van der Waals surface area (Å²) in [6.45, 7) is 3.57. The Morgan fingerprint density at radius 3 is 2.64 bits per heavy atom. The smallest absolute Gasteiger partial charge is 0.241 e. The highest BCUT2D eigenvalue weighted by Crippen LogP contribution is 2.26. The number of benzene rings is 1. The number of rotatable bonds is 7. The Morgan fingerprint density at radius 2 is 2.09 bits per heavy atom. The van der Waals surface area contributed by atoms with Crippen molar-refractivity contribution >= 4 is 33.2 Å². The van der Waals surface area contributed by atoms with E-state index >= 15 is 0 Å². The minimum absolute atomic E-state index is 0.209. The van der Waals surface area contributed by atoms with Gasteiger partial charge in [-0.25, -0.2) is 8.42 Å². The van der Waals surface area contributed by atoms with E-state index in [9.17, 15) is 13.2 Å². The summed E-state index contributed by atoms with van der Waals surface area (Å²) in [6, 6.07) is 4.70. The second kappa shape index (κ2) is 7.80. The Balaban J connectivity index is 3.01. The van der Waals surface area contributed by atoms with Crippen LogP contribution in [0.4, 0.5) is 5.69 Å². The summed E-state index contributed by atoms with van der Waals surface area (Å²) in [5.74, 6) is -0.408. The normalized spacial score (nSPS) is 12.8. The minimum atomic E-state index is -3.62. The van der Waals surface area contributed by atoms with Crippen LogP contribution in [-0.4, -0.2) is 46.9 Å². The summed E-state index contributed by atoms with van der Waals surface area (Å²) in [7, 11) is -2.09. The predicted octanol–water partition coefficient (Wildman–Crippen LogP) is 1.57. The molecule has 0 unspecified atom stereocenters. The van der Waals surface area contributed by atoms with Crippen molar-refractivity contribution in [2.24, 2.45) is 0 Å². The number of methoxy groups -OCH3 is 1. The number of amides is 1. The summed E-state index contributed by atoms with van der Waals surface area (Å²) < 4.78 is 30.0. The maximum atomic E-state index is 12.0. The van der Waals surface area contributed by atoms with Crippen LogP contribution in [0, 0.1) is 6.92 Å². The zero-order valence-corrected chi connectivity index (χ0v) is 14.7. The van der Waals surface area contributed by atoms with E-state index in [1.165, 1.54) is 13.2 Å². The van der Waals surface area contributed by atoms with Crippen molar-refractivity contribution in [3.63, 3.8) is 0 Å². The van der Waals surface area contributed by atoms with Gasteiger partial charge in [0.25, 0.3) is 0 Å². The Labute approximate surface area is 136 Å². The second-order valence-corrected chi connectivity index (χ2v) is 7.47. The number of anilines is 1. The summed E-state index contributed by atoms with van der Waals surface area (Å²) in [6.07, 6.45) is 1.05. The van der Waals surface area contributed by atoms with Crippen LogP contribution in [0.1, 0.15) is 12.5 Å². The molecule has 0 saturated heterocycles. The molecule has 1 aromatic rings. The highest BCUT2D eigenvalue weighted by molar-refractivity contribution is 7.92. The number of nitrogens with zero attached hydrogens (tertiary/aromatic N) is 1. The third-order valence-corrected chi connectivity index (χ3v) is 4.31. The first-order valence-corrected chi connectivity index (χ1v) is 8.90. The number of carbonyl (C=O) groups is 1. The first kappa shape index (κ1) is 18.7. The molecule has 0 bridgehead atoms. The molecule has 22 heavy (non-hydrogen) atoms. The monoisotopic (exact) mass is 348 g/mol. The Hall–Kier alpha value is -1.31. The van der Waals surface area contributed by atoms with E-state index < -0.39 is 15.9 Å². The van der Waals surface area contributed by atoms with Crippen LogP contribution in [0.2, 0.25) is 5.02 Å². The fraction of sp³-hybridized carbons (Fsp3) is 0.500. The Morgan fingerprint density at radius 1 is 1.45 bits per heavy atom. The number of aryl methyl sites for hydroxylation is 1. The highest BCUT2D eigenvalue weighted by atomic mass is 35.5. The van der Waals surface area contributed by atoms with E-state index in [4.69, 9.17) is 16.3 Å². The predicted molar refractivity (Wildman–Crippen MR) is 87.9 cm³/mol. The molecule has 1 atom stereocenters. The van der Waals surface area contributed by atoms with Crippen molar-refractivity contribution in [1.82, 2.24) is 5.32 Å². The van der Waals surface area contributed by atoms with Gasteiger partial charge in [-0.3, -0.25) is 9.10 Å². The maximum absolute atomic E-state index is 12.0. The van der Waals surface area contributed by atoms with Crippen LogP contribution < -0.4 is 9.62 Å². The van der Waals surface area contributed by atoms with Crippen LogP contribution in [0.3, 0.4) is 0 Å². The number of halogens is 1. The molecular formula is C14H21ClN2O4S. The molecule has 0 aliphatic carbocycles. The Bertz CT molecular complexity index is 634. The van der Waals surface area contributed by atoms with Gasteiger partial charge in [-0.15, -0.1) is 0 Å². The van der Waals surface area contributed by atoms with Gasteiger partial charge in [0.1, 0.15) is 6.54 Å². The van der Waals surface area contributed by atoms with Crippen LogP contribution in [-0.2, 0) is 19.6 Å². The lowest BCUT2D eigenvalue weighted by Gasteiger charge is -2.24. The lowest BCUT2D eigenvalue weighted by Crippen LogP contribution is -2.44. The van der Waals surface area contributed by atoms with E-state index in [0.717, 1.165) is 10.6 Å². The third-order valence-electron chi connectivity index (χ3n) is 2.95. The first-order valence-electron chi connectivity index (χ1n) is 6.67. The van der Waals surface area contributed by atoms with Gasteiger partial charge < -0.3 is 10.1 Å². The molecule has 6 nitrogen and oxygen atoms in total. The van der Waals surface area contributed by atoms with Gasteiger partial charge in [0.05, 0.1) is 18.6 Å². The van der Waals surface area contributed by atoms with Crippen molar-refractivity contribution in [2.45, 2.75) is 19.9 Å². The summed E-state index contributed by atoms with van der Waals surface area (Å²) in [5, 5.41) is 3.09. The highest BCUT2D eigenvalue weighted by Gasteiger charge is 2.23. The second-order valence-electron chi connectivity index (χ2n) is 5.12.